The van der Waals surface area contributed by atoms with E-state index >= 15 is 0 Å². The van der Waals surface area contributed by atoms with Crippen molar-refractivity contribution in [2.75, 3.05) is 0 Å². The van der Waals surface area contributed by atoms with Gasteiger partial charge in [-0.25, -0.2) is 0 Å². The molecule has 1 amide bonds. The summed E-state index contributed by atoms with van der Waals surface area (Å²) in [4.78, 5) is 11.1. The van der Waals surface area contributed by atoms with Crippen molar-refractivity contribution in [3.05, 3.63) is 0 Å². The summed E-state index contributed by atoms with van der Waals surface area (Å²) in [5.41, 5.74) is 0. The minimum absolute atomic E-state index is 0. The molecule has 0 bridgehead atoms. The maximum atomic E-state index is 11.1. The Balaban J connectivity index is 0.00000144. The average Bonchev–Trinajstić information content (AvgIpc) is 2.33. The first-order valence-corrected chi connectivity index (χ1v) is 5.12. The standard InChI is InChI=1S/C10H19NO.H2/c1-2-10(12)11-9-7-5-3-4-6-8-9;/h9H,2-8H2,1H3,(H,11,12);1H. The number of nitrogens with one attached hydrogen (secondary N) is 1. The maximum absolute atomic E-state index is 11.1. The van der Waals surface area contributed by atoms with Gasteiger partial charge in [0, 0.05) is 13.9 Å². The van der Waals surface area contributed by atoms with Crippen molar-refractivity contribution in [2.24, 2.45) is 0 Å². The monoisotopic (exact) mass is 171 g/mol. The van der Waals surface area contributed by atoms with Crippen LogP contribution in [0, 0.1) is 0 Å². The van der Waals surface area contributed by atoms with Crippen LogP contribution in [0.5, 0.6) is 0 Å². The van der Waals surface area contributed by atoms with Gasteiger partial charge >= 0.3 is 0 Å². The summed E-state index contributed by atoms with van der Waals surface area (Å²) in [5.74, 6) is 0.210. The predicted octanol–water partition coefficient (Wildman–Crippen LogP) is 2.48. The Morgan fingerprint density at radius 3 is 2.42 bits per heavy atom. The minimum Gasteiger partial charge on any atom is -0.353 e. The molecule has 0 radical (unpaired) electrons. The molecule has 1 fully saturated rings. The summed E-state index contributed by atoms with van der Waals surface area (Å²) in [7, 11) is 0. The first-order valence-electron chi connectivity index (χ1n) is 5.12. The Morgan fingerprint density at radius 1 is 1.33 bits per heavy atom. The molecule has 0 unspecified atom stereocenters. The van der Waals surface area contributed by atoms with Gasteiger partial charge in [0.05, 0.1) is 0 Å². The van der Waals surface area contributed by atoms with Crippen LogP contribution >= 0.6 is 0 Å². The molecule has 0 aromatic rings. The van der Waals surface area contributed by atoms with Gasteiger partial charge in [-0.1, -0.05) is 32.6 Å². The second kappa shape index (κ2) is 5.18. The number of carbonyl (C=O) groups is 1. The maximum Gasteiger partial charge on any atom is 0.219 e. The molecule has 0 spiro atoms. The molecule has 0 aromatic carbocycles. The first kappa shape index (κ1) is 9.56. The summed E-state index contributed by atoms with van der Waals surface area (Å²) in [6, 6.07) is 0.472. The van der Waals surface area contributed by atoms with Crippen molar-refractivity contribution in [3.8, 4) is 0 Å². The molecular weight excluding hydrogens is 150 g/mol. The van der Waals surface area contributed by atoms with Gasteiger partial charge in [0.25, 0.3) is 0 Å². The van der Waals surface area contributed by atoms with E-state index in [1.54, 1.807) is 0 Å². The van der Waals surface area contributed by atoms with E-state index in [-0.39, 0.29) is 7.33 Å². The Hall–Kier alpha value is -0.530. The third kappa shape index (κ3) is 3.24. The fourth-order valence-corrected chi connectivity index (χ4v) is 1.75. The zero-order valence-electron chi connectivity index (χ0n) is 7.94. The normalized spacial score (nSPS) is 20.1. The van der Waals surface area contributed by atoms with Crippen LogP contribution < -0.4 is 5.32 Å². The summed E-state index contributed by atoms with van der Waals surface area (Å²) >= 11 is 0. The number of rotatable bonds is 2. The minimum atomic E-state index is 0. The summed E-state index contributed by atoms with van der Waals surface area (Å²) < 4.78 is 0. The first-order chi connectivity index (χ1) is 5.83. The fourth-order valence-electron chi connectivity index (χ4n) is 1.75. The van der Waals surface area contributed by atoms with E-state index in [2.05, 4.69) is 5.32 Å². The van der Waals surface area contributed by atoms with Crippen LogP contribution in [0.4, 0.5) is 0 Å². The van der Waals surface area contributed by atoms with Crippen molar-refractivity contribution in [1.82, 2.24) is 5.32 Å². The van der Waals surface area contributed by atoms with Crippen LogP contribution in [0.2, 0.25) is 0 Å². The molecular formula is C10H21NO. The van der Waals surface area contributed by atoms with Gasteiger partial charge in [0.1, 0.15) is 0 Å². The quantitative estimate of drug-likeness (QED) is 0.635. The predicted molar refractivity (Wildman–Crippen MR) is 52.0 cm³/mol. The molecule has 0 atom stereocenters. The van der Waals surface area contributed by atoms with Crippen molar-refractivity contribution in [3.63, 3.8) is 0 Å². The summed E-state index contributed by atoms with van der Waals surface area (Å²) in [6.45, 7) is 1.91. The molecule has 0 heterocycles. The van der Waals surface area contributed by atoms with Crippen molar-refractivity contribution in [1.29, 1.82) is 0 Å². The molecule has 0 aliphatic heterocycles. The largest absolute Gasteiger partial charge is 0.353 e. The second-order valence-electron chi connectivity index (χ2n) is 3.61. The number of hydrogen-bond acceptors (Lipinski definition) is 1. The number of carbonyl (C=O) groups excluding carboxylic acids is 1. The van der Waals surface area contributed by atoms with Crippen LogP contribution in [0.25, 0.3) is 0 Å². The van der Waals surface area contributed by atoms with Crippen molar-refractivity contribution < 1.29 is 6.22 Å². The summed E-state index contributed by atoms with van der Waals surface area (Å²) in [6.07, 6.45) is 8.26. The smallest absolute Gasteiger partial charge is 0.219 e. The highest BCUT2D eigenvalue weighted by atomic mass is 16.1. The topological polar surface area (TPSA) is 29.1 Å². The lowest BCUT2D eigenvalue weighted by Crippen LogP contribution is -2.33. The molecule has 1 aliphatic rings. The SMILES string of the molecule is CCC(=O)NC1CCCCCC1.[HH]. The highest BCUT2D eigenvalue weighted by Gasteiger charge is 2.12. The molecule has 0 saturated heterocycles. The van der Waals surface area contributed by atoms with Crippen molar-refractivity contribution >= 4 is 5.91 Å². The van der Waals surface area contributed by atoms with Crippen LogP contribution in [-0.4, -0.2) is 11.9 Å². The molecule has 1 saturated carbocycles. The van der Waals surface area contributed by atoms with E-state index in [0.29, 0.717) is 12.5 Å². The lowest BCUT2D eigenvalue weighted by Gasteiger charge is -2.15. The third-order valence-corrected chi connectivity index (χ3v) is 2.54. The van der Waals surface area contributed by atoms with E-state index in [9.17, 15) is 4.79 Å². The molecule has 0 aromatic heterocycles. The number of hydrogen-bond donors (Lipinski definition) is 1. The van der Waals surface area contributed by atoms with Crippen molar-refractivity contribution in [2.45, 2.75) is 57.9 Å². The molecule has 1 N–H and O–H groups in total. The zero-order valence-corrected chi connectivity index (χ0v) is 7.94. The van der Waals surface area contributed by atoms with Gasteiger partial charge < -0.3 is 5.32 Å². The van der Waals surface area contributed by atoms with Gasteiger partial charge in [-0.05, 0) is 12.8 Å². The van der Waals surface area contributed by atoms with E-state index in [4.69, 9.17) is 0 Å². The van der Waals surface area contributed by atoms with Crippen LogP contribution in [0.1, 0.15) is 53.3 Å². The third-order valence-electron chi connectivity index (χ3n) is 2.54. The number of amides is 1. The molecule has 2 heteroatoms. The van der Waals surface area contributed by atoms with Gasteiger partial charge in [-0.3, -0.25) is 4.79 Å². The van der Waals surface area contributed by atoms with Crippen LogP contribution in [-0.2, 0) is 4.79 Å². The molecule has 1 aliphatic carbocycles. The average molecular weight is 171 g/mol. The molecule has 2 nitrogen and oxygen atoms in total. The molecule has 12 heavy (non-hydrogen) atoms. The Labute approximate surface area is 76.2 Å². The van der Waals surface area contributed by atoms with Crippen LogP contribution in [0.15, 0.2) is 0 Å². The Morgan fingerprint density at radius 2 is 1.92 bits per heavy atom. The van der Waals surface area contributed by atoms with E-state index in [0.717, 1.165) is 0 Å². The van der Waals surface area contributed by atoms with Gasteiger partial charge in [-0.15, -0.1) is 0 Å². The lowest BCUT2D eigenvalue weighted by atomic mass is 10.1. The van der Waals surface area contributed by atoms with Gasteiger partial charge in [-0.2, -0.15) is 0 Å². The van der Waals surface area contributed by atoms with Crippen LogP contribution in [0.3, 0.4) is 0 Å². The zero-order chi connectivity index (χ0) is 8.81. The van der Waals surface area contributed by atoms with E-state index in [1.165, 1.54) is 38.5 Å². The Bertz CT molecular complexity index is 142. The fraction of sp³-hybridized carbons (Fsp3) is 0.900. The summed E-state index contributed by atoms with van der Waals surface area (Å²) in [5, 5.41) is 3.07. The van der Waals surface area contributed by atoms with Gasteiger partial charge in [0.2, 0.25) is 5.91 Å². The van der Waals surface area contributed by atoms with Gasteiger partial charge in [0.15, 0.2) is 0 Å². The highest BCUT2D eigenvalue weighted by molar-refractivity contribution is 5.75. The molecule has 1 rings (SSSR count). The molecule has 72 valence electrons. The Kier molecular flexibility index (Phi) is 4.12. The van der Waals surface area contributed by atoms with E-state index in [1.807, 2.05) is 6.92 Å². The lowest BCUT2D eigenvalue weighted by molar-refractivity contribution is -0.121. The highest BCUT2D eigenvalue weighted by Crippen LogP contribution is 2.17. The second-order valence-corrected chi connectivity index (χ2v) is 3.61. The van der Waals surface area contributed by atoms with E-state index < -0.39 is 0 Å².